The molecule has 0 atom stereocenters. The molecular weight excluding hydrogens is 332 g/mol. The molecule has 6 heteroatoms. The van der Waals surface area contributed by atoms with Gasteiger partial charge in [-0.25, -0.2) is 6.57 Å². The fourth-order valence-corrected chi connectivity index (χ4v) is 3.25. The molecule has 0 spiro atoms. The van der Waals surface area contributed by atoms with Gasteiger partial charge in [0.2, 0.25) is 0 Å². The second kappa shape index (κ2) is 8.91. The molecule has 0 amide bonds. The summed E-state index contributed by atoms with van der Waals surface area (Å²) >= 11 is 0. The molecule has 0 radical (unpaired) electrons. The minimum atomic E-state index is -0.591. The van der Waals surface area contributed by atoms with Crippen LogP contribution in [0, 0.1) is 6.57 Å². The zero-order chi connectivity index (χ0) is 19.2. The highest BCUT2D eigenvalue weighted by Crippen LogP contribution is 2.41. The quantitative estimate of drug-likeness (QED) is 0.552. The van der Waals surface area contributed by atoms with Crippen molar-refractivity contribution in [3.05, 3.63) is 35.2 Å². The van der Waals surface area contributed by atoms with Crippen LogP contribution in [0.15, 0.2) is 18.2 Å². The highest BCUT2D eigenvalue weighted by molar-refractivity contribution is 5.71. The standard InChI is InChI=1S/C20H28N2O4/c1-6-25-19(23)14-22-11-9-20(21-4,10-12-22)16-7-8-17(24-5)18(13-16)26-15(2)3/h7-8,13,15H,6,9-12,14H2,1-3,5H3. The van der Waals surface area contributed by atoms with Crippen LogP contribution < -0.4 is 9.47 Å². The van der Waals surface area contributed by atoms with E-state index in [-0.39, 0.29) is 18.6 Å². The molecular formula is C20H28N2O4. The van der Waals surface area contributed by atoms with E-state index in [0.29, 0.717) is 44.0 Å². The van der Waals surface area contributed by atoms with Crippen molar-refractivity contribution in [3.63, 3.8) is 0 Å². The van der Waals surface area contributed by atoms with Crippen molar-refractivity contribution >= 4 is 5.97 Å². The van der Waals surface area contributed by atoms with E-state index in [9.17, 15) is 4.79 Å². The number of esters is 1. The number of likely N-dealkylation sites (tertiary alicyclic amines) is 1. The Bertz CT molecular complexity index is 658. The maximum absolute atomic E-state index is 11.7. The van der Waals surface area contributed by atoms with Crippen LogP contribution in [0.3, 0.4) is 0 Å². The number of nitrogens with zero attached hydrogens (tertiary/aromatic N) is 2. The van der Waals surface area contributed by atoms with Crippen LogP contribution >= 0.6 is 0 Å². The molecule has 6 nitrogen and oxygen atoms in total. The highest BCUT2D eigenvalue weighted by atomic mass is 16.5. The maximum atomic E-state index is 11.7. The molecule has 1 heterocycles. The van der Waals surface area contributed by atoms with Crippen LogP contribution in [0.1, 0.15) is 39.2 Å². The molecule has 0 N–H and O–H groups in total. The zero-order valence-corrected chi connectivity index (χ0v) is 16.1. The van der Waals surface area contributed by atoms with Gasteiger partial charge in [-0.1, -0.05) is 0 Å². The first-order chi connectivity index (χ1) is 12.4. The molecule has 1 fully saturated rings. The number of benzene rings is 1. The largest absolute Gasteiger partial charge is 0.493 e. The topological polar surface area (TPSA) is 52.4 Å². The third-order valence-electron chi connectivity index (χ3n) is 4.62. The Morgan fingerprint density at radius 3 is 2.54 bits per heavy atom. The Kier molecular flexibility index (Phi) is 6.87. The van der Waals surface area contributed by atoms with Gasteiger partial charge < -0.3 is 19.1 Å². The lowest BCUT2D eigenvalue weighted by Gasteiger charge is -2.33. The molecule has 26 heavy (non-hydrogen) atoms. The van der Waals surface area contributed by atoms with Gasteiger partial charge in [0.1, 0.15) is 0 Å². The minimum absolute atomic E-state index is 0.0227. The van der Waals surface area contributed by atoms with E-state index < -0.39 is 5.54 Å². The normalized spacial score (nSPS) is 16.8. The molecule has 0 aliphatic carbocycles. The van der Waals surface area contributed by atoms with Crippen LogP contribution in [-0.2, 0) is 15.1 Å². The van der Waals surface area contributed by atoms with E-state index in [1.165, 1.54) is 0 Å². The van der Waals surface area contributed by atoms with Gasteiger partial charge >= 0.3 is 5.97 Å². The smallest absolute Gasteiger partial charge is 0.320 e. The third kappa shape index (κ3) is 4.67. The summed E-state index contributed by atoms with van der Waals surface area (Å²) in [4.78, 5) is 17.7. The van der Waals surface area contributed by atoms with Crippen molar-refractivity contribution < 1.29 is 19.0 Å². The number of rotatable bonds is 7. The van der Waals surface area contributed by atoms with E-state index >= 15 is 0 Å². The van der Waals surface area contributed by atoms with Gasteiger partial charge in [0.05, 0.1) is 26.4 Å². The second-order valence-electron chi connectivity index (χ2n) is 6.76. The Labute approximate surface area is 155 Å². The molecule has 0 bridgehead atoms. The number of hydrogen-bond donors (Lipinski definition) is 0. The highest BCUT2D eigenvalue weighted by Gasteiger charge is 2.43. The third-order valence-corrected chi connectivity index (χ3v) is 4.62. The van der Waals surface area contributed by atoms with Crippen LogP contribution in [0.5, 0.6) is 11.5 Å². The number of ether oxygens (including phenoxy) is 3. The Morgan fingerprint density at radius 2 is 2.00 bits per heavy atom. The first-order valence-corrected chi connectivity index (χ1v) is 9.06. The van der Waals surface area contributed by atoms with Crippen molar-refractivity contribution in [2.24, 2.45) is 0 Å². The molecule has 1 saturated heterocycles. The van der Waals surface area contributed by atoms with E-state index in [1.807, 2.05) is 32.0 Å². The first-order valence-electron chi connectivity index (χ1n) is 9.06. The number of carbonyl (C=O) groups is 1. The number of carbonyl (C=O) groups excluding carboxylic acids is 1. The van der Waals surface area contributed by atoms with Gasteiger partial charge in [-0.15, -0.1) is 0 Å². The van der Waals surface area contributed by atoms with Crippen molar-refractivity contribution in [2.45, 2.75) is 45.3 Å². The van der Waals surface area contributed by atoms with Gasteiger partial charge in [-0.05, 0) is 39.0 Å². The SMILES string of the molecule is [C-]#[N+]C1(c2ccc(OC)c(OC(C)C)c2)CCN(CC(=O)OCC)CC1. The first kappa shape index (κ1) is 20.1. The Hall–Kier alpha value is -2.26. The average Bonchev–Trinajstić information content (AvgIpc) is 2.62. The Morgan fingerprint density at radius 1 is 1.31 bits per heavy atom. The van der Waals surface area contributed by atoms with Crippen LogP contribution in [0.2, 0.25) is 0 Å². The molecule has 1 aromatic carbocycles. The van der Waals surface area contributed by atoms with Crippen molar-refractivity contribution in [1.29, 1.82) is 0 Å². The molecule has 2 rings (SSSR count). The lowest BCUT2D eigenvalue weighted by molar-refractivity contribution is -0.144. The van der Waals surface area contributed by atoms with Crippen molar-refractivity contribution in [2.75, 3.05) is 33.4 Å². The maximum Gasteiger partial charge on any atom is 0.320 e. The Balaban J connectivity index is 2.16. The van der Waals surface area contributed by atoms with E-state index in [2.05, 4.69) is 9.74 Å². The van der Waals surface area contributed by atoms with E-state index in [4.69, 9.17) is 20.8 Å². The number of hydrogen-bond acceptors (Lipinski definition) is 5. The molecule has 0 aromatic heterocycles. The summed E-state index contributed by atoms with van der Waals surface area (Å²) in [6.07, 6.45) is 1.36. The van der Waals surface area contributed by atoms with Gasteiger partial charge in [0.15, 0.2) is 11.5 Å². The summed E-state index contributed by atoms with van der Waals surface area (Å²) in [6, 6.07) is 5.74. The van der Waals surface area contributed by atoms with E-state index in [1.54, 1.807) is 14.0 Å². The van der Waals surface area contributed by atoms with Gasteiger partial charge in [-0.2, -0.15) is 0 Å². The lowest BCUT2D eigenvalue weighted by atomic mass is 9.81. The van der Waals surface area contributed by atoms with Gasteiger partial charge in [0.25, 0.3) is 5.54 Å². The van der Waals surface area contributed by atoms with Gasteiger partial charge in [0, 0.05) is 31.5 Å². The number of piperidine rings is 1. The van der Waals surface area contributed by atoms with Crippen LogP contribution in [0.4, 0.5) is 0 Å². The fourth-order valence-electron chi connectivity index (χ4n) is 3.25. The summed E-state index contributed by atoms with van der Waals surface area (Å²) in [7, 11) is 1.61. The minimum Gasteiger partial charge on any atom is -0.493 e. The van der Waals surface area contributed by atoms with Crippen molar-refractivity contribution in [3.8, 4) is 11.5 Å². The number of methoxy groups -OCH3 is 1. The second-order valence-corrected chi connectivity index (χ2v) is 6.76. The summed E-state index contributed by atoms with van der Waals surface area (Å²) < 4.78 is 16.2. The molecule has 0 unspecified atom stereocenters. The molecule has 0 saturated carbocycles. The lowest BCUT2D eigenvalue weighted by Crippen LogP contribution is -2.43. The predicted molar refractivity (Wildman–Crippen MR) is 99.3 cm³/mol. The zero-order valence-electron chi connectivity index (χ0n) is 16.1. The summed E-state index contributed by atoms with van der Waals surface area (Å²) in [5.41, 5.74) is 0.353. The molecule has 142 valence electrons. The van der Waals surface area contributed by atoms with E-state index in [0.717, 1.165) is 5.56 Å². The summed E-state index contributed by atoms with van der Waals surface area (Å²) in [5, 5.41) is 0. The van der Waals surface area contributed by atoms with Crippen LogP contribution in [0.25, 0.3) is 4.85 Å². The van der Waals surface area contributed by atoms with Crippen LogP contribution in [-0.4, -0.2) is 50.3 Å². The molecule has 1 aromatic rings. The average molecular weight is 360 g/mol. The predicted octanol–water partition coefficient (Wildman–Crippen LogP) is 3.26. The fraction of sp³-hybridized carbons (Fsp3) is 0.600. The molecule has 1 aliphatic heterocycles. The summed E-state index contributed by atoms with van der Waals surface area (Å²) in [6.45, 7) is 15.6. The van der Waals surface area contributed by atoms with Gasteiger partial charge in [-0.3, -0.25) is 9.69 Å². The monoisotopic (exact) mass is 360 g/mol. The van der Waals surface area contributed by atoms with Crippen molar-refractivity contribution in [1.82, 2.24) is 4.90 Å². The molecule has 1 aliphatic rings. The summed E-state index contributed by atoms with van der Waals surface area (Å²) in [5.74, 6) is 1.12.